The first-order chi connectivity index (χ1) is 26.7. The summed E-state index contributed by atoms with van der Waals surface area (Å²) in [6.07, 6.45) is 11.1. The maximum Gasteiger partial charge on any atom is 0.159 e. The monoisotopic (exact) mass is 695 g/mol. The van der Waals surface area contributed by atoms with Gasteiger partial charge in [0.15, 0.2) is 11.6 Å². The normalized spacial score (nSPS) is 13.9. The van der Waals surface area contributed by atoms with Gasteiger partial charge in [0.1, 0.15) is 0 Å². The number of nitrogens with zero attached hydrogens (tertiary/aromatic N) is 5. The molecule has 3 heterocycles. The average Bonchev–Trinajstić information content (AvgIpc) is 3.74. The van der Waals surface area contributed by atoms with Crippen LogP contribution in [-0.4, -0.2) is 24.5 Å². The van der Waals surface area contributed by atoms with Crippen molar-refractivity contribution in [3.05, 3.63) is 173 Å². The lowest BCUT2D eigenvalue weighted by Crippen LogP contribution is -2.24. The molecule has 0 amide bonds. The smallest absolute Gasteiger partial charge is 0.159 e. The minimum atomic E-state index is -0.168. The standard InChI is InChI=1S/C49H37N5/c1-3-49(4-2)41-17-9-7-15-37(41)43-39-28-32-23-30-13-5-6-14-31(30)24-33(32)29-40(39)44-38-16-8-10-18-42(38)54(46(44)45(43)49)36-26-34(47-50-19-11-20-51-47)25-35(27-36)48-52-21-12-22-53-48/h5-22,25-29H,3-4,23-24H2,1-2H3. The number of para-hydroxylation sites is 1. The Hall–Kier alpha value is -6.46. The third-order valence-electron chi connectivity index (χ3n) is 12.3. The quantitative estimate of drug-likeness (QED) is 0.180. The van der Waals surface area contributed by atoms with Crippen molar-refractivity contribution in [3.63, 3.8) is 0 Å². The van der Waals surface area contributed by atoms with Gasteiger partial charge in [0, 0.05) is 57.8 Å². The Balaban J connectivity index is 1.33. The summed E-state index contributed by atoms with van der Waals surface area (Å²) in [7, 11) is 0. The van der Waals surface area contributed by atoms with E-state index < -0.39 is 0 Å². The van der Waals surface area contributed by atoms with Crippen molar-refractivity contribution in [2.75, 3.05) is 0 Å². The molecule has 0 fully saturated rings. The zero-order valence-electron chi connectivity index (χ0n) is 30.3. The van der Waals surface area contributed by atoms with Crippen LogP contribution >= 0.6 is 0 Å². The van der Waals surface area contributed by atoms with Gasteiger partial charge in [-0.05, 0) is 129 Å². The second-order valence-electron chi connectivity index (χ2n) is 14.9. The van der Waals surface area contributed by atoms with Gasteiger partial charge < -0.3 is 4.57 Å². The molecule has 0 bridgehead atoms. The Morgan fingerprint density at radius 3 is 1.78 bits per heavy atom. The number of benzene rings is 6. The third kappa shape index (κ3) is 4.32. The van der Waals surface area contributed by atoms with Crippen molar-refractivity contribution in [2.24, 2.45) is 0 Å². The van der Waals surface area contributed by atoms with Crippen LogP contribution in [-0.2, 0) is 18.3 Å². The van der Waals surface area contributed by atoms with Crippen molar-refractivity contribution in [2.45, 2.75) is 44.9 Å². The van der Waals surface area contributed by atoms with Crippen LogP contribution in [0.3, 0.4) is 0 Å². The first-order valence-electron chi connectivity index (χ1n) is 19.1. The van der Waals surface area contributed by atoms with E-state index in [9.17, 15) is 0 Å². The molecule has 0 aliphatic heterocycles. The van der Waals surface area contributed by atoms with Gasteiger partial charge in [-0.25, -0.2) is 19.9 Å². The molecule has 3 aromatic heterocycles. The second kappa shape index (κ2) is 11.8. The fourth-order valence-electron chi connectivity index (χ4n) is 9.89. The summed E-state index contributed by atoms with van der Waals surface area (Å²) < 4.78 is 2.53. The lowest BCUT2D eigenvalue weighted by molar-refractivity contribution is 0.493. The van der Waals surface area contributed by atoms with E-state index in [1.54, 1.807) is 24.8 Å². The highest BCUT2D eigenvalue weighted by atomic mass is 15.0. The van der Waals surface area contributed by atoms with Gasteiger partial charge >= 0.3 is 0 Å². The highest BCUT2D eigenvalue weighted by Crippen LogP contribution is 2.59. The van der Waals surface area contributed by atoms with Crippen LogP contribution < -0.4 is 0 Å². The Kier molecular flexibility index (Phi) is 6.78. The van der Waals surface area contributed by atoms with Gasteiger partial charge in [0.2, 0.25) is 0 Å². The zero-order chi connectivity index (χ0) is 36.0. The summed E-state index contributed by atoms with van der Waals surface area (Å²) in [4.78, 5) is 18.8. The van der Waals surface area contributed by atoms with Crippen LogP contribution in [0.1, 0.15) is 60.1 Å². The Labute approximate surface area is 314 Å². The Morgan fingerprint density at radius 2 is 1.13 bits per heavy atom. The van der Waals surface area contributed by atoms with Gasteiger partial charge in [0.05, 0.1) is 11.0 Å². The summed E-state index contributed by atoms with van der Waals surface area (Å²) in [6.45, 7) is 4.75. The fraction of sp³-hybridized carbons (Fsp3) is 0.143. The van der Waals surface area contributed by atoms with E-state index in [1.807, 2.05) is 12.1 Å². The van der Waals surface area contributed by atoms with Crippen LogP contribution in [0.5, 0.6) is 0 Å². The molecule has 11 rings (SSSR count). The third-order valence-corrected chi connectivity index (χ3v) is 12.3. The molecule has 2 aliphatic carbocycles. The predicted molar refractivity (Wildman–Crippen MR) is 219 cm³/mol. The van der Waals surface area contributed by atoms with E-state index in [4.69, 9.17) is 19.9 Å². The lowest BCUT2D eigenvalue weighted by atomic mass is 9.72. The summed E-state index contributed by atoms with van der Waals surface area (Å²) in [5.74, 6) is 1.34. The molecule has 0 radical (unpaired) electrons. The SMILES string of the molecule is CCC1(CC)c2ccccc2-c2c1c1c(c3cc4c(cc23)Cc2ccccc2C4)c2ccccc2n1-c1cc(-c2ncccn2)cc(-c2ncccn2)c1. The number of aromatic nitrogens is 5. The van der Waals surface area contributed by atoms with E-state index in [0.29, 0.717) is 11.6 Å². The van der Waals surface area contributed by atoms with Gasteiger partial charge in [-0.2, -0.15) is 0 Å². The lowest BCUT2D eigenvalue weighted by Gasteiger charge is -2.31. The van der Waals surface area contributed by atoms with Crippen molar-refractivity contribution < 1.29 is 0 Å². The Morgan fingerprint density at radius 1 is 0.556 bits per heavy atom. The largest absolute Gasteiger partial charge is 0.309 e. The molecule has 258 valence electrons. The summed E-state index contributed by atoms with van der Waals surface area (Å²) >= 11 is 0. The van der Waals surface area contributed by atoms with Crippen LogP contribution in [0.25, 0.3) is 72.2 Å². The molecule has 5 nitrogen and oxygen atoms in total. The van der Waals surface area contributed by atoms with Crippen LogP contribution in [0.2, 0.25) is 0 Å². The fourth-order valence-corrected chi connectivity index (χ4v) is 9.89. The first kappa shape index (κ1) is 31.1. The van der Waals surface area contributed by atoms with Gasteiger partial charge in [-0.15, -0.1) is 0 Å². The molecular weight excluding hydrogens is 659 g/mol. The molecule has 2 aliphatic rings. The molecule has 0 saturated carbocycles. The van der Waals surface area contributed by atoms with E-state index in [-0.39, 0.29) is 5.41 Å². The molecule has 54 heavy (non-hydrogen) atoms. The van der Waals surface area contributed by atoms with Crippen molar-refractivity contribution in [1.82, 2.24) is 24.5 Å². The minimum Gasteiger partial charge on any atom is -0.309 e. The van der Waals surface area contributed by atoms with Crippen molar-refractivity contribution in [1.29, 1.82) is 0 Å². The number of hydrogen-bond acceptors (Lipinski definition) is 4. The van der Waals surface area contributed by atoms with Gasteiger partial charge in [0.25, 0.3) is 0 Å². The van der Waals surface area contributed by atoms with E-state index >= 15 is 0 Å². The first-order valence-corrected chi connectivity index (χ1v) is 19.1. The Bertz CT molecular complexity index is 2900. The van der Waals surface area contributed by atoms with Crippen molar-refractivity contribution >= 4 is 32.6 Å². The maximum atomic E-state index is 4.70. The topological polar surface area (TPSA) is 56.5 Å². The van der Waals surface area contributed by atoms with E-state index in [2.05, 4.69) is 122 Å². The van der Waals surface area contributed by atoms with E-state index in [0.717, 1.165) is 42.5 Å². The second-order valence-corrected chi connectivity index (χ2v) is 14.9. The molecule has 0 atom stereocenters. The van der Waals surface area contributed by atoms with Crippen LogP contribution in [0.4, 0.5) is 0 Å². The molecule has 0 unspecified atom stereocenters. The number of hydrogen-bond donors (Lipinski definition) is 0. The summed E-state index contributed by atoms with van der Waals surface area (Å²) in [5.41, 5.74) is 16.5. The summed E-state index contributed by atoms with van der Waals surface area (Å²) in [5, 5.41) is 5.26. The number of rotatable bonds is 5. The maximum absolute atomic E-state index is 4.70. The molecule has 9 aromatic rings. The molecule has 6 aromatic carbocycles. The highest BCUT2D eigenvalue weighted by molar-refractivity contribution is 6.27. The molecule has 5 heteroatoms. The summed E-state index contributed by atoms with van der Waals surface area (Å²) in [6, 6.07) is 42.6. The minimum absolute atomic E-state index is 0.168. The average molecular weight is 696 g/mol. The van der Waals surface area contributed by atoms with Gasteiger partial charge in [-0.1, -0.05) is 80.6 Å². The van der Waals surface area contributed by atoms with Gasteiger partial charge in [-0.3, -0.25) is 0 Å². The predicted octanol–water partition coefficient (Wildman–Crippen LogP) is 11.4. The van der Waals surface area contributed by atoms with Crippen molar-refractivity contribution in [3.8, 4) is 39.6 Å². The highest BCUT2D eigenvalue weighted by Gasteiger charge is 2.44. The molecule has 0 saturated heterocycles. The molecular formula is C49H37N5. The number of fused-ring (bicyclic) bond motifs is 12. The zero-order valence-corrected chi connectivity index (χ0v) is 30.3. The van der Waals surface area contributed by atoms with E-state index in [1.165, 1.54) is 77.1 Å². The van der Waals surface area contributed by atoms with Crippen LogP contribution in [0.15, 0.2) is 140 Å². The molecule has 0 spiro atoms. The molecule has 0 N–H and O–H groups in total. The van der Waals surface area contributed by atoms with Crippen LogP contribution in [0, 0.1) is 0 Å².